The molecule has 0 radical (unpaired) electrons. The summed E-state index contributed by atoms with van der Waals surface area (Å²) in [5.74, 6) is 0. The minimum Gasteiger partial charge on any atom is -0.399 e. The average Bonchev–Trinajstić information content (AvgIpc) is 2.48. The highest BCUT2D eigenvalue weighted by Gasteiger charge is 2.52. The first-order valence-electron chi connectivity index (χ1n) is 5.86. The molecule has 1 saturated heterocycles. The maximum atomic E-state index is 5.99. The van der Waals surface area contributed by atoms with E-state index in [1.807, 2.05) is 33.8 Å². The van der Waals surface area contributed by atoms with Gasteiger partial charge in [0, 0.05) is 18.9 Å². The topological polar surface area (TPSA) is 57.4 Å². The number of pyridine rings is 1. The van der Waals surface area contributed by atoms with Gasteiger partial charge in [-0.1, -0.05) is 0 Å². The molecule has 1 fully saturated rings. The summed E-state index contributed by atoms with van der Waals surface area (Å²) >= 11 is 0. The molecule has 0 atom stereocenters. The van der Waals surface area contributed by atoms with Crippen LogP contribution in [-0.4, -0.2) is 23.3 Å². The van der Waals surface area contributed by atoms with Crippen molar-refractivity contribution in [3.63, 3.8) is 0 Å². The Kier molecular flexibility index (Phi) is 3.02. The molecule has 2 rings (SSSR count). The Morgan fingerprint density at radius 2 is 1.82 bits per heavy atom. The Bertz CT molecular complexity index is 405. The summed E-state index contributed by atoms with van der Waals surface area (Å²) in [6.07, 6.45) is 3.50. The third kappa shape index (κ3) is 2.10. The van der Waals surface area contributed by atoms with Gasteiger partial charge in [-0.05, 0) is 44.8 Å². The predicted molar refractivity (Wildman–Crippen MR) is 67.8 cm³/mol. The molecule has 4 nitrogen and oxygen atoms in total. The van der Waals surface area contributed by atoms with Crippen LogP contribution in [0.15, 0.2) is 18.5 Å². The van der Waals surface area contributed by atoms with Gasteiger partial charge in [0.15, 0.2) is 0 Å². The second kappa shape index (κ2) is 4.08. The lowest BCUT2D eigenvalue weighted by Crippen LogP contribution is -2.41. The second-order valence-corrected chi connectivity index (χ2v) is 5.37. The van der Waals surface area contributed by atoms with Gasteiger partial charge >= 0.3 is 7.12 Å². The lowest BCUT2D eigenvalue weighted by atomic mass is 9.77. The Balaban J connectivity index is 2.32. The summed E-state index contributed by atoms with van der Waals surface area (Å²) < 4.78 is 12.0. The van der Waals surface area contributed by atoms with E-state index < -0.39 is 0 Å². The lowest BCUT2D eigenvalue weighted by molar-refractivity contribution is 0.00578. The summed E-state index contributed by atoms with van der Waals surface area (Å²) in [6.45, 7) is 8.59. The van der Waals surface area contributed by atoms with Gasteiger partial charge in [0.25, 0.3) is 0 Å². The van der Waals surface area contributed by atoms with Crippen LogP contribution < -0.4 is 11.2 Å². The quantitative estimate of drug-likeness (QED) is 0.770. The number of aromatic nitrogens is 1. The Morgan fingerprint density at radius 3 is 2.35 bits per heavy atom. The molecule has 0 aliphatic carbocycles. The highest BCUT2D eigenvalue weighted by atomic mass is 16.7. The number of hydrogen-bond donors (Lipinski definition) is 1. The van der Waals surface area contributed by atoms with E-state index in [-0.39, 0.29) is 18.3 Å². The van der Waals surface area contributed by atoms with Gasteiger partial charge in [0.1, 0.15) is 0 Å². The van der Waals surface area contributed by atoms with Gasteiger partial charge in [-0.25, -0.2) is 0 Å². The van der Waals surface area contributed by atoms with Crippen molar-refractivity contribution in [1.82, 2.24) is 4.98 Å². The van der Waals surface area contributed by atoms with Gasteiger partial charge in [-0.2, -0.15) is 0 Å². The zero-order chi connectivity index (χ0) is 12.7. The lowest BCUT2D eigenvalue weighted by Gasteiger charge is -2.32. The largest absolute Gasteiger partial charge is 0.495 e. The van der Waals surface area contributed by atoms with Gasteiger partial charge in [-0.3, -0.25) is 4.98 Å². The number of nitrogens with two attached hydrogens (primary N) is 1. The van der Waals surface area contributed by atoms with Crippen molar-refractivity contribution in [1.29, 1.82) is 0 Å². The fraction of sp³-hybridized carbons (Fsp3) is 0.583. The molecule has 5 heteroatoms. The van der Waals surface area contributed by atoms with Crippen molar-refractivity contribution >= 4 is 12.6 Å². The highest BCUT2D eigenvalue weighted by molar-refractivity contribution is 6.62. The van der Waals surface area contributed by atoms with Gasteiger partial charge < -0.3 is 15.0 Å². The molecule has 1 aliphatic rings. The Hall–Kier alpha value is -0.905. The summed E-state index contributed by atoms with van der Waals surface area (Å²) in [4.78, 5) is 4.07. The zero-order valence-corrected chi connectivity index (χ0v) is 10.9. The molecular weight excluding hydrogens is 215 g/mol. The Labute approximate surface area is 103 Å². The minimum atomic E-state index is -0.360. The van der Waals surface area contributed by atoms with Crippen LogP contribution in [0.4, 0.5) is 0 Å². The molecule has 0 saturated carbocycles. The number of hydrogen-bond acceptors (Lipinski definition) is 4. The summed E-state index contributed by atoms with van der Waals surface area (Å²) in [6, 6.07) is 1.91. The number of nitrogens with zero attached hydrogens (tertiary/aromatic N) is 1. The molecule has 0 unspecified atom stereocenters. The van der Waals surface area contributed by atoms with Crippen LogP contribution in [-0.2, 0) is 15.9 Å². The van der Waals surface area contributed by atoms with Gasteiger partial charge in [0.05, 0.1) is 11.2 Å². The van der Waals surface area contributed by atoms with E-state index >= 15 is 0 Å². The SMILES string of the molecule is CC1(C)OB(c2ccncc2CN)OC1(C)C. The van der Waals surface area contributed by atoms with E-state index in [4.69, 9.17) is 15.0 Å². The zero-order valence-electron chi connectivity index (χ0n) is 10.9. The minimum absolute atomic E-state index is 0.327. The molecule has 0 aromatic carbocycles. The first-order valence-corrected chi connectivity index (χ1v) is 5.86. The van der Waals surface area contributed by atoms with E-state index in [9.17, 15) is 0 Å². The van der Waals surface area contributed by atoms with Crippen molar-refractivity contribution in [3.05, 3.63) is 24.0 Å². The van der Waals surface area contributed by atoms with Crippen molar-refractivity contribution in [2.75, 3.05) is 0 Å². The fourth-order valence-corrected chi connectivity index (χ4v) is 1.81. The van der Waals surface area contributed by atoms with Crippen molar-refractivity contribution in [2.45, 2.75) is 45.4 Å². The average molecular weight is 234 g/mol. The van der Waals surface area contributed by atoms with Gasteiger partial charge in [0.2, 0.25) is 0 Å². The first kappa shape index (κ1) is 12.5. The van der Waals surface area contributed by atoms with Crippen LogP contribution >= 0.6 is 0 Å². The smallest absolute Gasteiger partial charge is 0.399 e. The van der Waals surface area contributed by atoms with Crippen LogP contribution in [0.2, 0.25) is 0 Å². The monoisotopic (exact) mass is 234 g/mol. The van der Waals surface area contributed by atoms with Crippen LogP contribution in [0.5, 0.6) is 0 Å². The maximum Gasteiger partial charge on any atom is 0.495 e. The standard InChI is InChI=1S/C12H19BN2O2/c1-11(2)12(3,4)17-13(16-11)10-5-6-15-8-9(10)7-14/h5-6,8H,7,14H2,1-4H3. The molecule has 0 spiro atoms. The normalized spacial score (nSPS) is 21.8. The summed E-state index contributed by atoms with van der Waals surface area (Å²) in [5, 5.41) is 0. The molecule has 1 aromatic rings. The van der Waals surface area contributed by atoms with E-state index in [1.54, 1.807) is 12.4 Å². The summed E-state index contributed by atoms with van der Waals surface area (Å²) in [7, 11) is -0.360. The Morgan fingerprint density at radius 1 is 1.24 bits per heavy atom. The van der Waals surface area contributed by atoms with Crippen LogP contribution in [0.3, 0.4) is 0 Å². The molecule has 0 bridgehead atoms. The van der Waals surface area contributed by atoms with Crippen LogP contribution in [0, 0.1) is 0 Å². The second-order valence-electron chi connectivity index (χ2n) is 5.37. The third-order valence-electron chi connectivity index (χ3n) is 3.67. The first-order chi connectivity index (χ1) is 7.87. The van der Waals surface area contributed by atoms with E-state index in [0.29, 0.717) is 6.54 Å². The van der Waals surface area contributed by atoms with E-state index in [2.05, 4.69) is 4.98 Å². The molecule has 2 heterocycles. The number of rotatable bonds is 2. The third-order valence-corrected chi connectivity index (χ3v) is 3.67. The molecule has 0 amide bonds. The molecule has 1 aliphatic heterocycles. The molecule has 17 heavy (non-hydrogen) atoms. The van der Waals surface area contributed by atoms with Crippen molar-refractivity contribution in [3.8, 4) is 0 Å². The van der Waals surface area contributed by atoms with E-state index in [0.717, 1.165) is 11.0 Å². The predicted octanol–water partition coefficient (Wildman–Crippen LogP) is 0.840. The van der Waals surface area contributed by atoms with Crippen LogP contribution in [0.25, 0.3) is 0 Å². The molecule has 1 aromatic heterocycles. The van der Waals surface area contributed by atoms with Crippen molar-refractivity contribution in [2.24, 2.45) is 5.73 Å². The maximum absolute atomic E-state index is 5.99. The summed E-state index contributed by atoms with van der Waals surface area (Å²) in [5.41, 5.74) is 6.99. The molecular formula is C12H19BN2O2. The van der Waals surface area contributed by atoms with Crippen molar-refractivity contribution < 1.29 is 9.31 Å². The fourth-order valence-electron chi connectivity index (χ4n) is 1.81. The molecule has 92 valence electrons. The molecule has 2 N–H and O–H groups in total. The van der Waals surface area contributed by atoms with Crippen LogP contribution in [0.1, 0.15) is 33.3 Å². The highest BCUT2D eigenvalue weighted by Crippen LogP contribution is 2.36. The van der Waals surface area contributed by atoms with Gasteiger partial charge in [-0.15, -0.1) is 0 Å². The van der Waals surface area contributed by atoms with E-state index in [1.165, 1.54) is 0 Å².